The molecule has 3 fully saturated rings. The van der Waals surface area contributed by atoms with Gasteiger partial charge in [0.15, 0.2) is 0 Å². The summed E-state index contributed by atoms with van der Waals surface area (Å²) in [6.07, 6.45) is 7.96. The lowest BCUT2D eigenvalue weighted by atomic mass is 9.93. The normalized spacial score (nSPS) is 29.0. The Hall–Kier alpha value is -0.970. The van der Waals surface area contributed by atoms with Crippen LogP contribution in [0.3, 0.4) is 0 Å². The van der Waals surface area contributed by atoms with Crippen LogP contribution in [0.2, 0.25) is 0 Å². The standard InChI is InChI=1S/C21H32FN3/c22-21-6-2-1-4-18(21)16-24-11-7-17(8-12-24)15-23-19-9-13-25-10-3-5-20(25)14-19/h1-2,4,6,17,19-20,23H,3,5,7-16H2/t19-,20+/m1/s1. The molecule has 3 nitrogen and oxygen atoms in total. The Morgan fingerprint density at radius 1 is 1.00 bits per heavy atom. The van der Waals surface area contributed by atoms with Crippen molar-refractivity contribution in [2.45, 2.75) is 57.2 Å². The molecular formula is C21H32FN3. The predicted octanol–water partition coefficient (Wildman–Crippen LogP) is 3.25. The van der Waals surface area contributed by atoms with E-state index in [1.165, 1.54) is 58.2 Å². The molecule has 3 aliphatic rings. The summed E-state index contributed by atoms with van der Waals surface area (Å²) in [4.78, 5) is 5.10. The van der Waals surface area contributed by atoms with Crippen LogP contribution >= 0.6 is 0 Å². The molecule has 3 heterocycles. The monoisotopic (exact) mass is 345 g/mol. The predicted molar refractivity (Wildman–Crippen MR) is 100 cm³/mol. The number of benzene rings is 1. The highest BCUT2D eigenvalue weighted by Gasteiger charge is 2.31. The highest BCUT2D eigenvalue weighted by molar-refractivity contribution is 5.17. The summed E-state index contributed by atoms with van der Waals surface area (Å²) in [6.45, 7) is 6.75. The number of nitrogens with zero attached hydrogens (tertiary/aromatic N) is 2. The molecule has 3 aliphatic heterocycles. The van der Waals surface area contributed by atoms with Gasteiger partial charge in [-0.3, -0.25) is 4.90 Å². The Morgan fingerprint density at radius 3 is 2.68 bits per heavy atom. The van der Waals surface area contributed by atoms with E-state index in [1.807, 2.05) is 12.1 Å². The lowest BCUT2D eigenvalue weighted by Crippen LogP contribution is -2.47. The molecule has 0 aliphatic carbocycles. The van der Waals surface area contributed by atoms with Crippen molar-refractivity contribution in [1.82, 2.24) is 15.1 Å². The Balaban J connectivity index is 1.17. The Kier molecular flexibility index (Phi) is 5.69. The zero-order valence-electron chi connectivity index (χ0n) is 15.3. The van der Waals surface area contributed by atoms with Gasteiger partial charge in [-0.25, -0.2) is 4.39 Å². The molecule has 0 radical (unpaired) electrons. The lowest BCUT2D eigenvalue weighted by Gasteiger charge is -2.37. The number of nitrogens with one attached hydrogen (secondary N) is 1. The smallest absolute Gasteiger partial charge is 0.127 e. The molecule has 3 saturated heterocycles. The van der Waals surface area contributed by atoms with Gasteiger partial charge in [0.2, 0.25) is 0 Å². The van der Waals surface area contributed by atoms with Crippen molar-refractivity contribution < 1.29 is 4.39 Å². The van der Waals surface area contributed by atoms with E-state index < -0.39 is 0 Å². The van der Waals surface area contributed by atoms with Crippen molar-refractivity contribution in [3.8, 4) is 0 Å². The molecule has 0 bridgehead atoms. The van der Waals surface area contributed by atoms with E-state index in [4.69, 9.17) is 0 Å². The van der Waals surface area contributed by atoms with Crippen LogP contribution in [0.4, 0.5) is 4.39 Å². The molecule has 0 amide bonds. The molecule has 4 heteroatoms. The van der Waals surface area contributed by atoms with Crippen molar-refractivity contribution in [1.29, 1.82) is 0 Å². The molecule has 1 aromatic rings. The fraction of sp³-hybridized carbons (Fsp3) is 0.714. The van der Waals surface area contributed by atoms with E-state index in [-0.39, 0.29) is 5.82 Å². The molecule has 0 spiro atoms. The van der Waals surface area contributed by atoms with Crippen molar-refractivity contribution in [2.24, 2.45) is 5.92 Å². The maximum Gasteiger partial charge on any atom is 0.127 e. The zero-order chi connectivity index (χ0) is 17.1. The van der Waals surface area contributed by atoms with Crippen LogP contribution in [0.25, 0.3) is 0 Å². The third kappa shape index (κ3) is 4.42. The second-order valence-electron chi connectivity index (χ2n) is 8.27. The minimum Gasteiger partial charge on any atom is -0.314 e. The molecule has 1 aromatic carbocycles. The topological polar surface area (TPSA) is 18.5 Å². The molecule has 4 rings (SSSR count). The maximum absolute atomic E-state index is 13.8. The van der Waals surface area contributed by atoms with Crippen LogP contribution in [0.1, 0.15) is 44.1 Å². The van der Waals surface area contributed by atoms with Gasteiger partial charge in [0, 0.05) is 24.2 Å². The van der Waals surface area contributed by atoms with Gasteiger partial charge in [-0.05, 0) is 83.2 Å². The fourth-order valence-corrected chi connectivity index (χ4v) is 4.96. The molecule has 25 heavy (non-hydrogen) atoms. The van der Waals surface area contributed by atoms with Crippen molar-refractivity contribution in [3.05, 3.63) is 35.6 Å². The van der Waals surface area contributed by atoms with Gasteiger partial charge < -0.3 is 10.2 Å². The molecule has 0 saturated carbocycles. The summed E-state index contributed by atoms with van der Waals surface area (Å²) in [6, 6.07) is 8.78. The fourth-order valence-electron chi connectivity index (χ4n) is 4.96. The van der Waals surface area contributed by atoms with Crippen LogP contribution in [-0.2, 0) is 6.54 Å². The van der Waals surface area contributed by atoms with Gasteiger partial charge in [-0.2, -0.15) is 0 Å². The number of halogens is 1. The highest BCUT2D eigenvalue weighted by Crippen LogP contribution is 2.27. The van der Waals surface area contributed by atoms with E-state index in [9.17, 15) is 4.39 Å². The van der Waals surface area contributed by atoms with E-state index in [1.54, 1.807) is 12.1 Å². The molecular weight excluding hydrogens is 313 g/mol. The second-order valence-corrected chi connectivity index (χ2v) is 8.27. The highest BCUT2D eigenvalue weighted by atomic mass is 19.1. The minimum absolute atomic E-state index is 0.0652. The average molecular weight is 346 g/mol. The molecule has 0 unspecified atom stereocenters. The summed E-state index contributed by atoms with van der Waals surface area (Å²) in [5.74, 6) is 0.725. The van der Waals surface area contributed by atoms with Gasteiger partial charge >= 0.3 is 0 Å². The van der Waals surface area contributed by atoms with Crippen LogP contribution in [0, 0.1) is 11.7 Å². The van der Waals surface area contributed by atoms with Crippen LogP contribution in [-0.4, -0.2) is 54.6 Å². The summed E-state index contributed by atoms with van der Waals surface area (Å²) < 4.78 is 13.8. The van der Waals surface area contributed by atoms with Gasteiger partial charge in [0.05, 0.1) is 0 Å². The Labute approximate surface area is 151 Å². The van der Waals surface area contributed by atoms with E-state index in [0.29, 0.717) is 0 Å². The van der Waals surface area contributed by atoms with Crippen LogP contribution < -0.4 is 5.32 Å². The van der Waals surface area contributed by atoms with Crippen LogP contribution in [0.5, 0.6) is 0 Å². The minimum atomic E-state index is -0.0652. The first-order valence-corrected chi connectivity index (χ1v) is 10.2. The van der Waals surface area contributed by atoms with Crippen molar-refractivity contribution in [2.75, 3.05) is 32.7 Å². The largest absolute Gasteiger partial charge is 0.314 e. The summed E-state index contributed by atoms with van der Waals surface area (Å²) in [5.41, 5.74) is 0.836. The first kappa shape index (κ1) is 17.4. The Morgan fingerprint density at radius 2 is 1.84 bits per heavy atom. The average Bonchev–Trinajstić information content (AvgIpc) is 3.11. The Bertz CT molecular complexity index is 556. The van der Waals surface area contributed by atoms with Gasteiger partial charge in [-0.15, -0.1) is 0 Å². The van der Waals surface area contributed by atoms with Crippen LogP contribution in [0.15, 0.2) is 24.3 Å². The SMILES string of the molecule is Fc1ccccc1CN1CCC(CN[C@@H]2CCN3CCC[C@H]3C2)CC1. The molecule has 2 atom stereocenters. The number of likely N-dealkylation sites (tertiary alicyclic amines) is 1. The van der Waals surface area contributed by atoms with E-state index in [2.05, 4.69) is 15.1 Å². The first-order valence-electron chi connectivity index (χ1n) is 10.2. The van der Waals surface area contributed by atoms with Gasteiger partial charge in [-0.1, -0.05) is 18.2 Å². The van der Waals surface area contributed by atoms with E-state index in [0.717, 1.165) is 43.2 Å². The first-order chi connectivity index (χ1) is 12.3. The third-order valence-corrected chi connectivity index (χ3v) is 6.57. The number of rotatable bonds is 5. The third-order valence-electron chi connectivity index (χ3n) is 6.57. The number of fused-ring (bicyclic) bond motifs is 1. The van der Waals surface area contributed by atoms with Crippen molar-refractivity contribution in [3.63, 3.8) is 0 Å². The molecule has 1 N–H and O–H groups in total. The second kappa shape index (κ2) is 8.15. The lowest BCUT2D eigenvalue weighted by molar-refractivity contribution is 0.148. The van der Waals surface area contributed by atoms with Gasteiger partial charge in [0.25, 0.3) is 0 Å². The number of hydrogen-bond donors (Lipinski definition) is 1. The zero-order valence-corrected chi connectivity index (χ0v) is 15.3. The quantitative estimate of drug-likeness (QED) is 0.884. The summed E-state index contributed by atoms with van der Waals surface area (Å²) in [7, 11) is 0. The van der Waals surface area contributed by atoms with Gasteiger partial charge in [0.1, 0.15) is 5.82 Å². The summed E-state index contributed by atoms with van der Waals surface area (Å²) in [5, 5.41) is 3.87. The molecule has 138 valence electrons. The van der Waals surface area contributed by atoms with E-state index >= 15 is 0 Å². The number of hydrogen-bond acceptors (Lipinski definition) is 3. The van der Waals surface area contributed by atoms with Crippen molar-refractivity contribution >= 4 is 0 Å². The molecule has 0 aromatic heterocycles. The number of piperidine rings is 2. The summed E-state index contributed by atoms with van der Waals surface area (Å²) >= 11 is 0. The maximum atomic E-state index is 13.8.